The van der Waals surface area contributed by atoms with Crippen molar-refractivity contribution in [3.05, 3.63) is 15.6 Å². The second-order valence-electron chi connectivity index (χ2n) is 4.89. The van der Waals surface area contributed by atoms with Crippen molar-refractivity contribution in [3.8, 4) is 0 Å². The van der Waals surface area contributed by atoms with Gasteiger partial charge in [-0.05, 0) is 27.2 Å². The summed E-state index contributed by atoms with van der Waals surface area (Å²) in [7, 11) is 0. The van der Waals surface area contributed by atoms with Crippen LogP contribution in [0.1, 0.15) is 55.8 Å². The van der Waals surface area contributed by atoms with Crippen LogP contribution in [-0.2, 0) is 16.7 Å². The summed E-state index contributed by atoms with van der Waals surface area (Å²) in [6, 6.07) is 0. The predicted octanol–water partition coefficient (Wildman–Crippen LogP) is 2.75. The molecule has 2 heterocycles. The fourth-order valence-corrected chi connectivity index (χ4v) is 3.16. The summed E-state index contributed by atoms with van der Waals surface area (Å²) >= 11 is 1.72. The Morgan fingerprint density at radius 3 is 2.88 bits per heavy atom. The number of hydrogen-bond acceptors (Lipinski definition) is 4. The van der Waals surface area contributed by atoms with Gasteiger partial charge in [0.25, 0.3) is 0 Å². The highest BCUT2D eigenvalue weighted by molar-refractivity contribution is 7.12. The van der Waals surface area contributed by atoms with E-state index in [1.54, 1.807) is 11.3 Å². The lowest BCUT2D eigenvalue weighted by Crippen LogP contribution is -2.31. The summed E-state index contributed by atoms with van der Waals surface area (Å²) < 4.78 is 5.80. The molecule has 90 valence electrons. The van der Waals surface area contributed by atoms with Gasteiger partial charge in [-0.3, -0.25) is 0 Å². The van der Waals surface area contributed by atoms with Crippen LogP contribution in [-0.4, -0.2) is 11.1 Å². The predicted molar refractivity (Wildman–Crippen MR) is 66.6 cm³/mol. The lowest BCUT2D eigenvalue weighted by atomic mass is 10.0. The van der Waals surface area contributed by atoms with Crippen LogP contribution in [0.2, 0.25) is 0 Å². The van der Waals surface area contributed by atoms with Crippen LogP contribution >= 0.6 is 11.3 Å². The molecule has 16 heavy (non-hydrogen) atoms. The molecule has 1 aromatic heterocycles. The average Bonchev–Trinajstić information content (AvgIpc) is 2.62. The van der Waals surface area contributed by atoms with E-state index >= 15 is 0 Å². The fraction of sp³-hybridized carbons (Fsp3) is 0.750. The van der Waals surface area contributed by atoms with Gasteiger partial charge in [0, 0.05) is 6.42 Å². The SMILES string of the molecule is CCC(C)(N)c1nc2c(s1)C(C)OC(C)C2. The lowest BCUT2D eigenvalue weighted by Gasteiger charge is -2.23. The standard InChI is InChI=1S/C12H20N2OS/c1-5-12(4,13)11-14-9-6-7(2)15-8(3)10(9)16-11/h7-8H,5-6,13H2,1-4H3. The Hall–Kier alpha value is -0.450. The van der Waals surface area contributed by atoms with E-state index in [0.29, 0.717) is 0 Å². The number of ether oxygens (including phenoxy) is 1. The first-order chi connectivity index (χ1) is 7.44. The molecular weight excluding hydrogens is 220 g/mol. The van der Waals surface area contributed by atoms with Crippen LogP contribution in [0.25, 0.3) is 0 Å². The molecule has 0 saturated heterocycles. The Morgan fingerprint density at radius 2 is 2.25 bits per heavy atom. The van der Waals surface area contributed by atoms with E-state index in [-0.39, 0.29) is 17.7 Å². The van der Waals surface area contributed by atoms with Crippen molar-refractivity contribution in [2.75, 3.05) is 0 Å². The van der Waals surface area contributed by atoms with E-state index in [1.165, 1.54) is 10.6 Å². The lowest BCUT2D eigenvalue weighted by molar-refractivity contribution is -0.00320. The van der Waals surface area contributed by atoms with Gasteiger partial charge in [0.15, 0.2) is 0 Å². The molecule has 0 saturated carbocycles. The molecule has 0 radical (unpaired) electrons. The molecule has 3 nitrogen and oxygen atoms in total. The number of aromatic nitrogens is 1. The molecule has 0 fully saturated rings. The van der Waals surface area contributed by atoms with Crippen molar-refractivity contribution in [3.63, 3.8) is 0 Å². The van der Waals surface area contributed by atoms with Crippen molar-refractivity contribution in [2.24, 2.45) is 5.73 Å². The summed E-state index contributed by atoms with van der Waals surface area (Å²) in [6.45, 7) is 8.34. The highest BCUT2D eigenvalue weighted by Gasteiger charge is 2.30. The third kappa shape index (κ3) is 2.01. The van der Waals surface area contributed by atoms with Crippen LogP contribution in [0.5, 0.6) is 0 Å². The van der Waals surface area contributed by atoms with Gasteiger partial charge in [0.1, 0.15) is 5.01 Å². The van der Waals surface area contributed by atoms with Crippen LogP contribution in [0.15, 0.2) is 0 Å². The molecular formula is C12H20N2OS. The molecule has 0 aliphatic carbocycles. The van der Waals surface area contributed by atoms with Gasteiger partial charge in [0.05, 0.1) is 28.3 Å². The maximum absolute atomic E-state index is 6.24. The van der Waals surface area contributed by atoms with Crippen molar-refractivity contribution < 1.29 is 4.74 Å². The smallest absolute Gasteiger partial charge is 0.113 e. The monoisotopic (exact) mass is 240 g/mol. The highest BCUT2D eigenvalue weighted by Crippen LogP contribution is 2.37. The van der Waals surface area contributed by atoms with Gasteiger partial charge >= 0.3 is 0 Å². The van der Waals surface area contributed by atoms with Gasteiger partial charge < -0.3 is 10.5 Å². The van der Waals surface area contributed by atoms with E-state index in [4.69, 9.17) is 15.5 Å². The van der Waals surface area contributed by atoms with Gasteiger partial charge in [-0.25, -0.2) is 4.98 Å². The Bertz CT molecular complexity index is 386. The van der Waals surface area contributed by atoms with Gasteiger partial charge in [0.2, 0.25) is 0 Å². The van der Waals surface area contributed by atoms with E-state index in [2.05, 4.69) is 20.8 Å². The second kappa shape index (κ2) is 4.09. The molecule has 3 unspecified atom stereocenters. The number of rotatable bonds is 2. The molecule has 1 aromatic rings. The Kier molecular flexibility index (Phi) is 3.07. The van der Waals surface area contributed by atoms with E-state index in [1.807, 2.05) is 6.92 Å². The molecule has 0 spiro atoms. The molecule has 0 aromatic carbocycles. The second-order valence-corrected chi connectivity index (χ2v) is 5.92. The van der Waals surface area contributed by atoms with E-state index in [0.717, 1.165) is 17.8 Å². The molecule has 0 amide bonds. The minimum absolute atomic E-state index is 0.164. The first kappa shape index (κ1) is 12.0. The highest BCUT2D eigenvalue weighted by atomic mass is 32.1. The number of fused-ring (bicyclic) bond motifs is 1. The van der Waals surface area contributed by atoms with Crippen LogP contribution < -0.4 is 5.73 Å². The van der Waals surface area contributed by atoms with Crippen molar-refractivity contribution in [1.29, 1.82) is 0 Å². The number of hydrogen-bond donors (Lipinski definition) is 1. The van der Waals surface area contributed by atoms with Gasteiger partial charge in [-0.2, -0.15) is 0 Å². The Morgan fingerprint density at radius 1 is 1.56 bits per heavy atom. The Balaban J connectivity index is 2.37. The third-order valence-corrected chi connectivity index (χ3v) is 4.78. The maximum atomic E-state index is 6.24. The zero-order valence-electron chi connectivity index (χ0n) is 10.4. The zero-order valence-corrected chi connectivity index (χ0v) is 11.2. The first-order valence-electron chi connectivity index (χ1n) is 5.88. The minimum Gasteiger partial charge on any atom is -0.370 e. The van der Waals surface area contributed by atoms with Crippen molar-refractivity contribution in [1.82, 2.24) is 4.98 Å². The molecule has 2 N–H and O–H groups in total. The fourth-order valence-electron chi connectivity index (χ4n) is 1.95. The number of nitrogens with two attached hydrogens (primary N) is 1. The Labute approximate surface area is 101 Å². The van der Waals surface area contributed by atoms with Gasteiger partial charge in [-0.15, -0.1) is 11.3 Å². The summed E-state index contributed by atoms with van der Waals surface area (Å²) in [5.41, 5.74) is 7.13. The zero-order chi connectivity index (χ0) is 11.9. The first-order valence-corrected chi connectivity index (χ1v) is 6.70. The van der Waals surface area contributed by atoms with Gasteiger partial charge in [-0.1, -0.05) is 6.92 Å². The third-order valence-electron chi connectivity index (χ3n) is 3.24. The normalized spacial score (nSPS) is 28.6. The molecule has 3 atom stereocenters. The summed E-state index contributed by atoms with van der Waals surface area (Å²) in [4.78, 5) is 5.97. The molecule has 1 aliphatic heterocycles. The average molecular weight is 240 g/mol. The number of thiazole rings is 1. The molecule has 0 bridgehead atoms. The molecule has 1 aliphatic rings. The topological polar surface area (TPSA) is 48.1 Å². The van der Waals surface area contributed by atoms with Crippen LogP contribution in [0.4, 0.5) is 0 Å². The van der Waals surface area contributed by atoms with Crippen LogP contribution in [0, 0.1) is 0 Å². The quantitative estimate of drug-likeness (QED) is 0.864. The number of nitrogens with zero attached hydrogens (tertiary/aromatic N) is 1. The summed E-state index contributed by atoms with van der Waals surface area (Å²) in [5, 5.41) is 1.05. The summed E-state index contributed by atoms with van der Waals surface area (Å²) in [5.74, 6) is 0. The molecule has 2 rings (SSSR count). The minimum atomic E-state index is -0.301. The van der Waals surface area contributed by atoms with Crippen molar-refractivity contribution in [2.45, 2.75) is 58.3 Å². The van der Waals surface area contributed by atoms with Crippen molar-refractivity contribution >= 4 is 11.3 Å². The summed E-state index contributed by atoms with van der Waals surface area (Å²) in [6.07, 6.45) is 2.25. The maximum Gasteiger partial charge on any atom is 0.113 e. The van der Waals surface area contributed by atoms with E-state index in [9.17, 15) is 0 Å². The largest absolute Gasteiger partial charge is 0.370 e. The van der Waals surface area contributed by atoms with E-state index < -0.39 is 0 Å². The van der Waals surface area contributed by atoms with Crippen LogP contribution in [0.3, 0.4) is 0 Å². The molecule has 4 heteroatoms.